The first-order chi connectivity index (χ1) is 7.56. The van der Waals surface area contributed by atoms with E-state index in [1.165, 1.54) is 25.7 Å². The Morgan fingerprint density at radius 1 is 0.875 bits per heavy atom. The van der Waals surface area contributed by atoms with Gasteiger partial charge in [0, 0.05) is 0 Å². The molecule has 0 bridgehead atoms. The van der Waals surface area contributed by atoms with Gasteiger partial charge in [0.15, 0.2) is 0 Å². The van der Waals surface area contributed by atoms with Gasteiger partial charge < -0.3 is 5.32 Å². The molecule has 1 heteroatoms. The Labute approximate surface area is 103 Å². The maximum atomic E-state index is 3.31. The predicted octanol–water partition coefficient (Wildman–Crippen LogP) is 4.33. The van der Waals surface area contributed by atoms with Gasteiger partial charge in [-0.05, 0) is 37.3 Å². The van der Waals surface area contributed by atoms with Crippen LogP contribution in [0.4, 0.5) is 0 Å². The van der Waals surface area contributed by atoms with E-state index in [0.717, 1.165) is 30.2 Å². The lowest BCUT2D eigenvalue weighted by atomic mass is 9.78. The third-order valence-corrected chi connectivity index (χ3v) is 4.27. The van der Waals surface area contributed by atoms with E-state index in [0.29, 0.717) is 0 Å². The lowest BCUT2D eigenvalue weighted by molar-refractivity contribution is 0.221. The molecule has 0 aliphatic heterocycles. The fraction of sp³-hybridized carbons (Fsp3) is 1.00. The fourth-order valence-corrected chi connectivity index (χ4v) is 2.80. The largest absolute Gasteiger partial charge is 0.319 e. The molecule has 1 N–H and O–H groups in total. The molecule has 0 heterocycles. The molecule has 0 rings (SSSR count). The van der Waals surface area contributed by atoms with Crippen LogP contribution in [0.25, 0.3) is 0 Å². The van der Waals surface area contributed by atoms with Crippen LogP contribution in [0, 0.1) is 23.7 Å². The van der Waals surface area contributed by atoms with Crippen molar-refractivity contribution in [3.8, 4) is 0 Å². The zero-order valence-corrected chi connectivity index (χ0v) is 12.3. The summed E-state index contributed by atoms with van der Waals surface area (Å²) in [5.74, 6) is 3.47. The molecule has 0 fully saturated rings. The lowest BCUT2D eigenvalue weighted by Gasteiger charge is -2.29. The molecule has 0 aromatic heterocycles. The number of rotatable bonds is 9. The van der Waals surface area contributed by atoms with Crippen molar-refractivity contribution in [3.05, 3.63) is 0 Å². The van der Waals surface area contributed by atoms with Gasteiger partial charge in [-0.15, -0.1) is 0 Å². The topological polar surface area (TPSA) is 12.0 Å². The molecule has 0 aliphatic rings. The van der Waals surface area contributed by atoms with E-state index in [2.05, 4.69) is 47.0 Å². The quantitative estimate of drug-likeness (QED) is 0.618. The first-order valence-corrected chi connectivity index (χ1v) is 7.21. The number of nitrogens with one attached hydrogen (secondary N) is 1. The van der Waals surface area contributed by atoms with Crippen LogP contribution >= 0.6 is 0 Å². The van der Waals surface area contributed by atoms with Crippen LogP contribution in [0.5, 0.6) is 0 Å². The summed E-state index contributed by atoms with van der Waals surface area (Å²) in [4.78, 5) is 0. The number of hydrogen-bond donors (Lipinski definition) is 1. The van der Waals surface area contributed by atoms with Crippen molar-refractivity contribution in [1.82, 2.24) is 5.32 Å². The van der Waals surface area contributed by atoms with E-state index >= 15 is 0 Å². The molecule has 0 saturated heterocycles. The standard InChI is InChI=1S/C15H33N/c1-7-12(3)9-10-13(4)15(8-2)14(5)11-16-6/h12-16H,7-11H2,1-6H3. The lowest BCUT2D eigenvalue weighted by Crippen LogP contribution is -2.27. The third-order valence-electron chi connectivity index (χ3n) is 4.27. The van der Waals surface area contributed by atoms with Gasteiger partial charge in [0.05, 0.1) is 0 Å². The third kappa shape index (κ3) is 5.89. The molecule has 1 nitrogen and oxygen atoms in total. The van der Waals surface area contributed by atoms with E-state index in [9.17, 15) is 0 Å². The van der Waals surface area contributed by atoms with Crippen molar-refractivity contribution >= 4 is 0 Å². The van der Waals surface area contributed by atoms with Crippen molar-refractivity contribution in [3.63, 3.8) is 0 Å². The summed E-state index contributed by atoms with van der Waals surface area (Å²) in [5.41, 5.74) is 0. The van der Waals surface area contributed by atoms with Crippen LogP contribution in [0.1, 0.15) is 60.3 Å². The average Bonchev–Trinajstić information content (AvgIpc) is 2.27. The molecular weight excluding hydrogens is 194 g/mol. The van der Waals surface area contributed by atoms with Gasteiger partial charge in [-0.2, -0.15) is 0 Å². The van der Waals surface area contributed by atoms with E-state index < -0.39 is 0 Å². The highest BCUT2D eigenvalue weighted by molar-refractivity contribution is 4.73. The van der Waals surface area contributed by atoms with Gasteiger partial charge in [0.2, 0.25) is 0 Å². The molecule has 0 saturated carbocycles. The minimum absolute atomic E-state index is 0.807. The zero-order chi connectivity index (χ0) is 12.6. The van der Waals surface area contributed by atoms with Crippen LogP contribution in [0.15, 0.2) is 0 Å². The van der Waals surface area contributed by atoms with Gasteiger partial charge >= 0.3 is 0 Å². The smallest absolute Gasteiger partial charge is 0.00234 e. The zero-order valence-electron chi connectivity index (χ0n) is 12.3. The van der Waals surface area contributed by atoms with E-state index in [1.54, 1.807) is 0 Å². The van der Waals surface area contributed by atoms with Crippen LogP contribution in [-0.2, 0) is 0 Å². The van der Waals surface area contributed by atoms with Crippen LogP contribution in [0.2, 0.25) is 0 Å². The number of hydrogen-bond acceptors (Lipinski definition) is 1. The van der Waals surface area contributed by atoms with Crippen molar-refractivity contribution < 1.29 is 0 Å². The maximum absolute atomic E-state index is 3.31. The highest BCUT2D eigenvalue weighted by Gasteiger charge is 2.21. The maximum Gasteiger partial charge on any atom is -0.00234 e. The van der Waals surface area contributed by atoms with Gasteiger partial charge in [-0.1, -0.05) is 60.3 Å². The van der Waals surface area contributed by atoms with Crippen molar-refractivity contribution in [2.45, 2.75) is 60.3 Å². The molecular formula is C15H33N. The Hall–Kier alpha value is -0.0400. The van der Waals surface area contributed by atoms with E-state index in [4.69, 9.17) is 0 Å². The Balaban J connectivity index is 4.04. The summed E-state index contributed by atoms with van der Waals surface area (Å²) in [6.07, 6.45) is 5.46. The van der Waals surface area contributed by atoms with Crippen molar-refractivity contribution in [2.24, 2.45) is 23.7 Å². The molecule has 0 radical (unpaired) electrons. The van der Waals surface area contributed by atoms with Gasteiger partial charge in [0.1, 0.15) is 0 Å². The predicted molar refractivity (Wildman–Crippen MR) is 74.7 cm³/mol. The summed E-state index contributed by atoms with van der Waals surface area (Å²) in [6, 6.07) is 0. The molecule has 0 aromatic rings. The Morgan fingerprint density at radius 2 is 1.50 bits per heavy atom. The summed E-state index contributed by atoms with van der Waals surface area (Å²) in [5, 5.41) is 3.31. The molecule has 98 valence electrons. The van der Waals surface area contributed by atoms with Crippen molar-refractivity contribution in [2.75, 3.05) is 13.6 Å². The van der Waals surface area contributed by atoms with E-state index in [1.807, 2.05) is 0 Å². The summed E-state index contributed by atoms with van der Waals surface area (Å²) in [7, 11) is 2.06. The summed E-state index contributed by atoms with van der Waals surface area (Å²) in [6.45, 7) is 13.0. The molecule has 0 aliphatic carbocycles. The molecule has 0 amide bonds. The van der Waals surface area contributed by atoms with Crippen molar-refractivity contribution in [1.29, 1.82) is 0 Å². The average molecular weight is 227 g/mol. The van der Waals surface area contributed by atoms with Gasteiger partial charge in [-0.3, -0.25) is 0 Å². The molecule has 16 heavy (non-hydrogen) atoms. The second-order valence-electron chi connectivity index (χ2n) is 5.68. The highest BCUT2D eigenvalue weighted by atomic mass is 14.8. The Morgan fingerprint density at radius 3 is 1.94 bits per heavy atom. The molecule has 4 atom stereocenters. The van der Waals surface area contributed by atoms with E-state index in [-0.39, 0.29) is 0 Å². The fourth-order valence-electron chi connectivity index (χ4n) is 2.80. The molecule has 0 spiro atoms. The van der Waals surface area contributed by atoms with Gasteiger partial charge in [-0.25, -0.2) is 0 Å². The first kappa shape index (κ1) is 16.0. The normalized spacial score (nSPS) is 19.1. The Bertz CT molecular complexity index is 156. The summed E-state index contributed by atoms with van der Waals surface area (Å²) < 4.78 is 0. The second-order valence-corrected chi connectivity index (χ2v) is 5.68. The van der Waals surface area contributed by atoms with Crippen LogP contribution in [0.3, 0.4) is 0 Å². The van der Waals surface area contributed by atoms with Crippen LogP contribution in [-0.4, -0.2) is 13.6 Å². The minimum atomic E-state index is 0.807. The SMILES string of the molecule is CCC(C)CCC(C)C(CC)C(C)CNC. The monoisotopic (exact) mass is 227 g/mol. The first-order valence-electron chi connectivity index (χ1n) is 7.21. The second kappa shape index (κ2) is 9.04. The minimum Gasteiger partial charge on any atom is -0.319 e. The highest BCUT2D eigenvalue weighted by Crippen LogP contribution is 2.29. The Kier molecular flexibility index (Phi) is 9.02. The molecule has 0 aromatic carbocycles. The van der Waals surface area contributed by atoms with Gasteiger partial charge in [0.25, 0.3) is 0 Å². The molecule has 4 unspecified atom stereocenters. The van der Waals surface area contributed by atoms with Crippen LogP contribution < -0.4 is 5.32 Å². The summed E-state index contributed by atoms with van der Waals surface area (Å²) >= 11 is 0.